The van der Waals surface area contributed by atoms with E-state index in [0.29, 0.717) is 0 Å². The van der Waals surface area contributed by atoms with Crippen molar-refractivity contribution >= 4 is 0 Å². The van der Waals surface area contributed by atoms with Crippen LogP contribution in [0.3, 0.4) is 0 Å². The molecule has 0 aromatic carbocycles. The monoisotopic (exact) mass is 164 g/mol. The van der Waals surface area contributed by atoms with E-state index in [-0.39, 0.29) is 13.0 Å². The molecule has 1 saturated heterocycles. The van der Waals surface area contributed by atoms with Crippen molar-refractivity contribution in [2.24, 2.45) is 0 Å². The first-order valence-corrected chi connectivity index (χ1v) is 3.45. The summed E-state index contributed by atoms with van der Waals surface area (Å²) in [5.41, 5.74) is 0. The third kappa shape index (κ3) is 1.88. The first kappa shape index (κ1) is 8.89. The van der Waals surface area contributed by atoms with Gasteiger partial charge in [-0.25, -0.2) is 0 Å². The van der Waals surface area contributed by atoms with Gasteiger partial charge >= 0.3 is 0 Å². The summed E-state index contributed by atoms with van der Waals surface area (Å²) < 4.78 is 4.71. The number of hydrogen-bond donors (Lipinski definition) is 4. The van der Waals surface area contributed by atoms with Crippen molar-refractivity contribution in [2.75, 3.05) is 6.61 Å². The highest BCUT2D eigenvalue weighted by Crippen LogP contribution is 2.17. The molecule has 5 heteroatoms. The molecule has 0 saturated carbocycles. The molecule has 1 rings (SSSR count). The highest BCUT2D eigenvalue weighted by molar-refractivity contribution is 4.79. The van der Waals surface area contributed by atoms with Gasteiger partial charge in [0.05, 0.1) is 18.8 Å². The molecule has 3 unspecified atom stereocenters. The largest absolute Gasteiger partial charge is 0.394 e. The van der Waals surface area contributed by atoms with Crippen LogP contribution in [0.1, 0.15) is 6.42 Å². The molecule has 4 atom stereocenters. The fourth-order valence-corrected chi connectivity index (χ4v) is 1.05. The summed E-state index contributed by atoms with van der Waals surface area (Å²) in [6.45, 7) is -0.263. The van der Waals surface area contributed by atoms with E-state index in [1.165, 1.54) is 0 Å². The Morgan fingerprint density at radius 3 is 2.36 bits per heavy atom. The van der Waals surface area contributed by atoms with Crippen LogP contribution in [0.15, 0.2) is 0 Å². The van der Waals surface area contributed by atoms with Gasteiger partial charge in [-0.15, -0.1) is 0 Å². The fourth-order valence-electron chi connectivity index (χ4n) is 1.05. The molecular weight excluding hydrogens is 152 g/mol. The van der Waals surface area contributed by atoms with Crippen LogP contribution in [0.4, 0.5) is 0 Å². The molecule has 0 radical (unpaired) electrons. The van der Waals surface area contributed by atoms with Gasteiger partial charge in [0.1, 0.15) is 6.10 Å². The van der Waals surface area contributed by atoms with Crippen LogP contribution in [0.2, 0.25) is 0 Å². The third-order valence-corrected chi connectivity index (χ3v) is 1.73. The van der Waals surface area contributed by atoms with Gasteiger partial charge < -0.3 is 25.2 Å². The van der Waals surface area contributed by atoms with E-state index < -0.39 is 24.6 Å². The van der Waals surface area contributed by atoms with Crippen LogP contribution in [-0.4, -0.2) is 51.6 Å². The number of aliphatic hydroxyl groups excluding tert-OH is 4. The quantitative estimate of drug-likeness (QED) is 0.353. The zero-order valence-electron chi connectivity index (χ0n) is 5.92. The number of ether oxygens (including phenoxy) is 1. The van der Waals surface area contributed by atoms with Gasteiger partial charge in [0.15, 0.2) is 6.29 Å². The van der Waals surface area contributed by atoms with E-state index in [1.54, 1.807) is 0 Å². The zero-order valence-corrected chi connectivity index (χ0v) is 5.92. The Labute approximate surface area is 63.8 Å². The van der Waals surface area contributed by atoms with Crippen molar-refractivity contribution in [3.8, 4) is 0 Å². The van der Waals surface area contributed by atoms with E-state index in [2.05, 4.69) is 0 Å². The van der Waals surface area contributed by atoms with Crippen molar-refractivity contribution in [3.05, 3.63) is 0 Å². The molecule has 0 amide bonds. The van der Waals surface area contributed by atoms with Gasteiger partial charge in [0.25, 0.3) is 0 Å². The Morgan fingerprint density at radius 2 is 1.91 bits per heavy atom. The Kier molecular flexibility index (Phi) is 2.80. The molecule has 1 fully saturated rings. The molecule has 1 aliphatic rings. The zero-order chi connectivity index (χ0) is 8.43. The second kappa shape index (κ2) is 3.46. The molecule has 0 bridgehead atoms. The second-order valence-corrected chi connectivity index (χ2v) is 2.62. The van der Waals surface area contributed by atoms with Crippen molar-refractivity contribution in [2.45, 2.75) is 31.0 Å². The minimum absolute atomic E-state index is 0.148. The Morgan fingerprint density at radius 1 is 1.27 bits per heavy atom. The maximum Gasteiger partial charge on any atom is 0.183 e. The van der Waals surface area contributed by atoms with Gasteiger partial charge in [-0.3, -0.25) is 0 Å². The summed E-state index contributed by atoms with van der Waals surface area (Å²) in [4.78, 5) is 0. The fraction of sp³-hybridized carbons (Fsp3) is 1.00. The molecule has 1 heterocycles. The average molecular weight is 164 g/mol. The van der Waals surface area contributed by atoms with Gasteiger partial charge in [0, 0.05) is 6.42 Å². The first-order valence-electron chi connectivity index (χ1n) is 3.45. The SMILES string of the molecule is OCC1C[C@H](O)C(O)C(O)O1. The standard InChI is InChI=1S/C6H12O5/c7-2-3-1-4(8)5(9)6(10)11-3/h3-10H,1-2H2/t3?,4-,5?,6?/m0/s1. The lowest BCUT2D eigenvalue weighted by Crippen LogP contribution is -2.49. The highest BCUT2D eigenvalue weighted by atomic mass is 16.6. The third-order valence-electron chi connectivity index (χ3n) is 1.73. The van der Waals surface area contributed by atoms with Gasteiger partial charge in [-0.05, 0) is 0 Å². The van der Waals surface area contributed by atoms with Crippen LogP contribution in [0.5, 0.6) is 0 Å². The Balaban J connectivity index is 2.47. The maximum absolute atomic E-state index is 9.05. The Bertz CT molecular complexity index is 116. The van der Waals surface area contributed by atoms with Gasteiger partial charge in [0.2, 0.25) is 0 Å². The van der Waals surface area contributed by atoms with E-state index in [9.17, 15) is 0 Å². The summed E-state index contributed by atoms with van der Waals surface area (Å²) >= 11 is 0. The molecule has 11 heavy (non-hydrogen) atoms. The minimum Gasteiger partial charge on any atom is -0.394 e. The lowest BCUT2D eigenvalue weighted by Gasteiger charge is -2.33. The summed E-state index contributed by atoms with van der Waals surface area (Å²) in [5, 5.41) is 35.5. The summed E-state index contributed by atoms with van der Waals surface area (Å²) in [5.74, 6) is 0. The summed E-state index contributed by atoms with van der Waals surface area (Å²) in [7, 11) is 0. The van der Waals surface area contributed by atoms with Crippen LogP contribution in [-0.2, 0) is 4.74 Å². The van der Waals surface area contributed by atoms with Crippen molar-refractivity contribution in [1.82, 2.24) is 0 Å². The van der Waals surface area contributed by atoms with Gasteiger partial charge in [-0.1, -0.05) is 0 Å². The molecule has 66 valence electrons. The Hall–Kier alpha value is -0.200. The van der Waals surface area contributed by atoms with Crippen LogP contribution < -0.4 is 0 Å². The first-order chi connectivity index (χ1) is 5.15. The smallest absolute Gasteiger partial charge is 0.183 e. The maximum atomic E-state index is 9.05. The number of hydrogen-bond acceptors (Lipinski definition) is 5. The van der Waals surface area contributed by atoms with Crippen molar-refractivity contribution in [3.63, 3.8) is 0 Å². The summed E-state index contributed by atoms with van der Waals surface area (Å²) in [6, 6.07) is 0. The van der Waals surface area contributed by atoms with E-state index in [0.717, 1.165) is 0 Å². The lowest BCUT2D eigenvalue weighted by atomic mass is 10.0. The molecule has 4 N–H and O–H groups in total. The number of aliphatic hydroxyl groups is 4. The second-order valence-electron chi connectivity index (χ2n) is 2.62. The van der Waals surface area contributed by atoms with E-state index in [1.807, 2.05) is 0 Å². The van der Waals surface area contributed by atoms with Crippen LogP contribution >= 0.6 is 0 Å². The molecule has 0 aromatic heterocycles. The van der Waals surface area contributed by atoms with Gasteiger partial charge in [-0.2, -0.15) is 0 Å². The molecule has 0 spiro atoms. The summed E-state index contributed by atoms with van der Waals surface area (Å²) in [6.07, 6.45) is -4.11. The number of rotatable bonds is 1. The molecule has 0 aromatic rings. The van der Waals surface area contributed by atoms with Crippen LogP contribution in [0.25, 0.3) is 0 Å². The molecule has 5 nitrogen and oxygen atoms in total. The highest BCUT2D eigenvalue weighted by Gasteiger charge is 2.34. The minimum atomic E-state index is -1.39. The van der Waals surface area contributed by atoms with Crippen LogP contribution in [0, 0.1) is 0 Å². The van der Waals surface area contributed by atoms with E-state index in [4.69, 9.17) is 25.2 Å². The van der Waals surface area contributed by atoms with E-state index >= 15 is 0 Å². The molecule has 0 aliphatic carbocycles. The molecule has 1 aliphatic heterocycles. The predicted octanol–water partition coefficient (Wildman–Crippen LogP) is -2.19. The lowest BCUT2D eigenvalue weighted by molar-refractivity contribution is -0.251. The van der Waals surface area contributed by atoms with Crippen molar-refractivity contribution < 1.29 is 25.2 Å². The van der Waals surface area contributed by atoms with Crippen molar-refractivity contribution in [1.29, 1.82) is 0 Å². The normalized spacial score (nSPS) is 45.8. The molecular formula is C6H12O5. The topological polar surface area (TPSA) is 90.2 Å². The predicted molar refractivity (Wildman–Crippen MR) is 34.6 cm³/mol. The average Bonchev–Trinajstić information content (AvgIpc) is 1.99.